The van der Waals surface area contributed by atoms with Crippen LogP contribution in [0.3, 0.4) is 0 Å². The van der Waals surface area contributed by atoms with Crippen LogP contribution < -0.4 is 5.73 Å². The SMILES string of the molecule is CC(N)CCS(=O)(=O)Cc1ccc(Cl)cc1. The molecule has 3 nitrogen and oxygen atoms in total. The number of nitrogens with two attached hydrogens (primary N) is 1. The van der Waals surface area contributed by atoms with Crippen LogP contribution in [0.1, 0.15) is 18.9 Å². The van der Waals surface area contributed by atoms with Gasteiger partial charge in [-0.25, -0.2) is 8.42 Å². The predicted molar refractivity (Wildman–Crippen MR) is 67.2 cm³/mol. The third-order valence-corrected chi connectivity index (χ3v) is 4.07. The van der Waals surface area contributed by atoms with Crippen molar-refractivity contribution in [3.8, 4) is 0 Å². The molecular weight excluding hydrogens is 246 g/mol. The summed E-state index contributed by atoms with van der Waals surface area (Å²) < 4.78 is 23.4. The summed E-state index contributed by atoms with van der Waals surface area (Å²) in [5.41, 5.74) is 6.29. The lowest BCUT2D eigenvalue weighted by Crippen LogP contribution is -2.20. The first-order valence-corrected chi connectivity index (χ1v) is 7.29. The van der Waals surface area contributed by atoms with Crippen molar-refractivity contribution >= 4 is 21.4 Å². The number of benzene rings is 1. The molecule has 0 amide bonds. The van der Waals surface area contributed by atoms with Crippen LogP contribution in [0.2, 0.25) is 5.02 Å². The fraction of sp³-hybridized carbons (Fsp3) is 0.455. The molecule has 0 saturated carbocycles. The number of rotatable bonds is 5. The lowest BCUT2D eigenvalue weighted by molar-refractivity contribution is 0.586. The molecule has 1 rings (SSSR count). The van der Waals surface area contributed by atoms with Crippen LogP contribution in [0.5, 0.6) is 0 Å². The highest BCUT2D eigenvalue weighted by atomic mass is 35.5. The van der Waals surface area contributed by atoms with E-state index in [9.17, 15) is 8.42 Å². The van der Waals surface area contributed by atoms with Gasteiger partial charge < -0.3 is 5.73 Å². The predicted octanol–water partition coefficient (Wildman–Crippen LogP) is 1.99. The van der Waals surface area contributed by atoms with E-state index in [1.165, 1.54) is 0 Å². The Kier molecular flexibility index (Phi) is 4.77. The third kappa shape index (κ3) is 4.96. The summed E-state index contributed by atoms with van der Waals surface area (Å²) in [7, 11) is -3.07. The molecule has 0 radical (unpaired) electrons. The first-order valence-electron chi connectivity index (χ1n) is 5.09. The highest BCUT2D eigenvalue weighted by molar-refractivity contribution is 7.90. The molecule has 0 aliphatic rings. The number of sulfone groups is 1. The van der Waals surface area contributed by atoms with Crippen LogP contribution in [0.15, 0.2) is 24.3 Å². The largest absolute Gasteiger partial charge is 0.328 e. The Hall–Kier alpha value is -0.580. The molecule has 90 valence electrons. The zero-order chi connectivity index (χ0) is 12.2. The molecular formula is C11H16ClNO2S. The van der Waals surface area contributed by atoms with Gasteiger partial charge in [-0.05, 0) is 31.0 Å². The van der Waals surface area contributed by atoms with Crippen LogP contribution >= 0.6 is 11.6 Å². The fourth-order valence-electron chi connectivity index (χ4n) is 1.27. The molecule has 1 aromatic rings. The van der Waals surface area contributed by atoms with E-state index < -0.39 is 9.84 Å². The lowest BCUT2D eigenvalue weighted by Gasteiger charge is -2.06. The normalized spacial score (nSPS) is 13.7. The Morgan fingerprint density at radius 3 is 2.38 bits per heavy atom. The lowest BCUT2D eigenvalue weighted by atomic mass is 10.2. The summed E-state index contributed by atoms with van der Waals surface area (Å²) >= 11 is 5.72. The molecule has 0 spiro atoms. The molecule has 5 heteroatoms. The standard InChI is InChI=1S/C11H16ClNO2S/c1-9(13)6-7-16(14,15)8-10-2-4-11(12)5-3-10/h2-5,9H,6-8,13H2,1H3. The number of halogens is 1. The second-order valence-electron chi connectivity index (χ2n) is 3.98. The van der Waals surface area contributed by atoms with Gasteiger partial charge in [0.1, 0.15) is 0 Å². The summed E-state index contributed by atoms with van der Waals surface area (Å²) in [4.78, 5) is 0. The van der Waals surface area contributed by atoms with Crippen LogP contribution in [0.25, 0.3) is 0 Å². The van der Waals surface area contributed by atoms with Crippen molar-refractivity contribution in [2.45, 2.75) is 25.1 Å². The molecule has 0 fully saturated rings. The Labute approximate surface area is 102 Å². The second-order valence-corrected chi connectivity index (χ2v) is 6.60. The minimum Gasteiger partial charge on any atom is -0.328 e. The van der Waals surface area contributed by atoms with Gasteiger partial charge in [0.2, 0.25) is 0 Å². The molecule has 16 heavy (non-hydrogen) atoms. The monoisotopic (exact) mass is 261 g/mol. The highest BCUT2D eigenvalue weighted by Gasteiger charge is 2.12. The first kappa shape index (κ1) is 13.5. The van der Waals surface area contributed by atoms with Crippen molar-refractivity contribution in [2.24, 2.45) is 5.73 Å². The number of hydrogen-bond donors (Lipinski definition) is 1. The van der Waals surface area contributed by atoms with Crippen molar-refractivity contribution in [3.05, 3.63) is 34.9 Å². The molecule has 2 N–H and O–H groups in total. The van der Waals surface area contributed by atoms with Gasteiger partial charge in [-0.2, -0.15) is 0 Å². The molecule has 0 aliphatic heterocycles. The van der Waals surface area contributed by atoms with E-state index in [-0.39, 0.29) is 17.5 Å². The molecule has 0 aromatic heterocycles. The van der Waals surface area contributed by atoms with Crippen LogP contribution in [-0.4, -0.2) is 20.2 Å². The quantitative estimate of drug-likeness (QED) is 0.882. The maximum absolute atomic E-state index is 11.7. The van der Waals surface area contributed by atoms with E-state index >= 15 is 0 Å². The van der Waals surface area contributed by atoms with Crippen molar-refractivity contribution in [1.29, 1.82) is 0 Å². The summed E-state index contributed by atoms with van der Waals surface area (Å²) in [6, 6.07) is 6.76. The summed E-state index contributed by atoms with van der Waals surface area (Å²) in [6.45, 7) is 1.80. The van der Waals surface area contributed by atoms with Crippen LogP contribution in [-0.2, 0) is 15.6 Å². The molecule has 0 aliphatic carbocycles. The van der Waals surface area contributed by atoms with E-state index in [1.807, 2.05) is 0 Å². The second kappa shape index (κ2) is 5.66. The third-order valence-electron chi connectivity index (χ3n) is 2.18. The Morgan fingerprint density at radius 1 is 1.31 bits per heavy atom. The van der Waals surface area contributed by atoms with Gasteiger partial charge in [-0.15, -0.1) is 0 Å². The minimum atomic E-state index is -3.07. The van der Waals surface area contributed by atoms with Gasteiger partial charge in [0.15, 0.2) is 9.84 Å². The minimum absolute atomic E-state index is 0.0525. The first-order chi connectivity index (χ1) is 7.39. The average molecular weight is 262 g/mol. The summed E-state index contributed by atoms with van der Waals surface area (Å²) in [5, 5.41) is 0.608. The van der Waals surface area contributed by atoms with Gasteiger partial charge in [0, 0.05) is 11.1 Å². The van der Waals surface area contributed by atoms with Crippen LogP contribution in [0, 0.1) is 0 Å². The van der Waals surface area contributed by atoms with Crippen molar-refractivity contribution in [2.75, 3.05) is 5.75 Å². The topological polar surface area (TPSA) is 60.2 Å². The molecule has 0 saturated heterocycles. The molecule has 1 atom stereocenters. The number of hydrogen-bond acceptors (Lipinski definition) is 3. The highest BCUT2D eigenvalue weighted by Crippen LogP contribution is 2.13. The van der Waals surface area contributed by atoms with Gasteiger partial charge in [0.05, 0.1) is 11.5 Å². The van der Waals surface area contributed by atoms with Crippen molar-refractivity contribution in [3.63, 3.8) is 0 Å². The van der Waals surface area contributed by atoms with E-state index in [4.69, 9.17) is 17.3 Å². The van der Waals surface area contributed by atoms with E-state index in [0.29, 0.717) is 11.4 Å². The van der Waals surface area contributed by atoms with E-state index in [0.717, 1.165) is 5.56 Å². The smallest absolute Gasteiger partial charge is 0.154 e. The van der Waals surface area contributed by atoms with E-state index in [2.05, 4.69) is 0 Å². The average Bonchev–Trinajstić information content (AvgIpc) is 2.19. The zero-order valence-corrected chi connectivity index (χ0v) is 10.8. The van der Waals surface area contributed by atoms with Gasteiger partial charge in [-0.1, -0.05) is 23.7 Å². The van der Waals surface area contributed by atoms with Gasteiger partial charge in [-0.3, -0.25) is 0 Å². The van der Waals surface area contributed by atoms with Crippen LogP contribution in [0.4, 0.5) is 0 Å². The molecule has 0 bridgehead atoms. The van der Waals surface area contributed by atoms with Gasteiger partial charge >= 0.3 is 0 Å². The van der Waals surface area contributed by atoms with Crippen molar-refractivity contribution < 1.29 is 8.42 Å². The Balaban J connectivity index is 2.62. The summed E-state index contributed by atoms with van der Waals surface area (Å²) in [5.74, 6) is 0.185. The maximum Gasteiger partial charge on any atom is 0.154 e. The summed E-state index contributed by atoms with van der Waals surface area (Å²) in [6.07, 6.45) is 0.496. The molecule has 1 unspecified atom stereocenters. The fourth-order valence-corrected chi connectivity index (χ4v) is 2.97. The van der Waals surface area contributed by atoms with Gasteiger partial charge in [0.25, 0.3) is 0 Å². The molecule has 1 aromatic carbocycles. The maximum atomic E-state index is 11.7. The van der Waals surface area contributed by atoms with E-state index in [1.54, 1.807) is 31.2 Å². The molecule has 0 heterocycles. The zero-order valence-electron chi connectivity index (χ0n) is 9.19. The van der Waals surface area contributed by atoms with Crippen molar-refractivity contribution in [1.82, 2.24) is 0 Å². The Morgan fingerprint density at radius 2 is 1.88 bits per heavy atom. The Bertz CT molecular complexity index is 426.